The highest BCUT2D eigenvalue weighted by molar-refractivity contribution is 5.79. The van der Waals surface area contributed by atoms with Gasteiger partial charge in [0.2, 0.25) is 5.91 Å². The molecule has 2 atom stereocenters. The predicted molar refractivity (Wildman–Crippen MR) is 74.1 cm³/mol. The van der Waals surface area contributed by atoms with Crippen LogP contribution < -0.4 is 11.1 Å². The summed E-state index contributed by atoms with van der Waals surface area (Å²) in [5.41, 5.74) is 7.63. The molecule has 1 amide bonds. The van der Waals surface area contributed by atoms with Gasteiger partial charge in [0, 0.05) is 12.5 Å². The molecule has 0 bridgehead atoms. The molecule has 1 aliphatic carbocycles. The van der Waals surface area contributed by atoms with E-state index in [4.69, 9.17) is 10.8 Å². The molecule has 2 rings (SSSR count). The van der Waals surface area contributed by atoms with Crippen molar-refractivity contribution in [1.82, 2.24) is 5.32 Å². The van der Waals surface area contributed by atoms with Crippen LogP contribution in [0.3, 0.4) is 0 Å². The Morgan fingerprint density at radius 1 is 1.26 bits per heavy atom. The molecule has 19 heavy (non-hydrogen) atoms. The summed E-state index contributed by atoms with van der Waals surface area (Å²) >= 11 is 0. The molecule has 1 aromatic rings. The van der Waals surface area contributed by atoms with Crippen molar-refractivity contribution in [2.24, 2.45) is 17.6 Å². The molecule has 4 nitrogen and oxygen atoms in total. The molecule has 0 aromatic heterocycles. The Bertz CT molecular complexity index is 417. The number of nitrogens with one attached hydrogen (secondary N) is 1. The van der Waals surface area contributed by atoms with Crippen LogP contribution in [0.15, 0.2) is 24.3 Å². The van der Waals surface area contributed by atoms with Crippen LogP contribution in [-0.2, 0) is 17.9 Å². The van der Waals surface area contributed by atoms with E-state index in [9.17, 15) is 4.79 Å². The summed E-state index contributed by atoms with van der Waals surface area (Å²) in [7, 11) is 0. The van der Waals surface area contributed by atoms with Crippen molar-refractivity contribution >= 4 is 5.91 Å². The molecule has 4 heteroatoms. The van der Waals surface area contributed by atoms with E-state index in [1.807, 2.05) is 24.3 Å². The fourth-order valence-corrected chi connectivity index (χ4v) is 2.75. The van der Waals surface area contributed by atoms with E-state index < -0.39 is 0 Å². The molecule has 0 aliphatic heterocycles. The molecule has 1 aliphatic rings. The van der Waals surface area contributed by atoms with E-state index in [1.54, 1.807) is 0 Å². The Hall–Kier alpha value is -1.39. The second-order valence-corrected chi connectivity index (χ2v) is 5.23. The van der Waals surface area contributed by atoms with Gasteiger partial charge in [-0.1, -0.05) is 30.7 Å². The van der Waals surface area contributed by atoms with Gasteiger partial charge in [-0.3, -0.25) is 4.79 Å². The van der Waals surface area contributed by atoms with E-state index >= 15 is 0 Å². The third-order valence-corrected chi connectivity index (χ3v) is 3.97. The molecule has 1 aromatic carbocycles. The molecule has 2 unspecified atom stereocenters. The highest BCUT2D eigenvalue weighted by atomic mass is 16.3. The average Bonchev–Trinajstić information content (AvgIpc) is 2.93. The maximum atomic E-state index is 12.1. The lowest BCUT2D eigenvalue weighted by Crippen LogP contribution is -2.34. The summed E-state index contributed by atoms with van der Waals surface area (Å²) in [5, 5.41) is 12.0. The molecule has 104 valence electrons. The Morgan fingerprint density at radius 3 is 2.58 bits per heavy atom. The monoisotopic (exact) mass is 262 g/mol. The number of aliphatic hydroxyl groups is 1. The van der Waals surface area contributed by atoms with Crippen molar-refractivity contribution in [3.8, 4) is 0 Å². The first kappa shape index (κ1) is 14.0. The quantitative estimate of drug-likeness (QED) is 0.745. The van der Waals surface area contributed by atoms with Crippen LogP contribution in [0.5, 0.6) is 0 Å². The lowest BCUT2D eigenvalue weighted by atomic mass is 9.95. The smallest absolute Gasteiger partial charge is 0.223 e. The van der Waals surface area contributed by atoms with Crippen molar-refractivity contribution < 1.29 is 9.90 Å². The van der Waals surface area contributed by atoms with Gasteiger partial charge in [-0.05, 0) is 36.4 Å². The summed E-state index contributed by atoms with van der Waals surface area (Å²) < 4.78 is 0. The van der Waals surface area contributed by atoms with E-state index in [2.05, 4.69) is 5.32 Å². The zero-order valence-electron chi connectivity index (χ0n) is 11.1. The zero-order valence-corrected chi connectivity index (χ0v) is 11.1. The van der Waals surface area contributed by atoms with Gasteiger partial charge in [0.05, 0.1) is 6.61 Å². The number of hydrogen-bond donors (Lipinski definition) is 3. The second kappa shape index (κ2) is 6.68. The summed E-state index contributed by atoms with van der Waals surface area (Å²) in [4.78, 5) is 12.1. The maximum absolute atomic E-state index is 12.1. The molecule has 4 N–H and O–H groups in total. The van der Waals surface area contributed by atoms with Crippen LogP contribution in [0.25, 0.3) is 0 Å². The van der Waals surface area contributed by atoms with E-state index in [-0.39, 0.29) is 18.4 Å². The summed E-state index contributed by atoms with van der Waals surface area (Å²) in [5.74, 6) is 0.553. The first-order valence-corrected chi connectivity index (χ1v) is 6.91. The summed E-state index contributed by atoms with van der Waals surface area (Å²) in [6.07, 6.45) is 3.13. The first-order valence-electron chi connectivity index (χ1n) is 6.91. The SMILES string of the molecule is NCC1CCCC1C(=O)NCc1ccc(CO)cc1. The summed E-state index contributed by atoms with van der Waals surface area (Å²) in [6.45, 7) is 1.19. The first-order chi connectivity index (χ1) is 9.24. The number of benzene rings is 1. The van der Waals surface area contributed by atoms with Gasteiger partial charge in [-0.2, -0.15) is 0 Å². The van der Waals surface area contributed by atoms with E-state index in [0.29, 0.717) is 19.0 Å². The standard InChI is InChI=1S/C15H22N2O2/c16-8-13-2-1-3-14(13)15(19)17-9-11-4-6-12(10-18)7-5-11/h4-7,13-14,18H,1-3,8-10,16H2,(H,17,19). The minimum Gasteiger partial charge on any atom is -0.392 e. The second-order valence-electron chi connectivity index (χ2n) is 5.23. The van der Waals surface area contributed by atoms with Crippen LogP contribution in [0.4, 0.5) is 0 Å². The largest absolute Gasteiger partial charge is 0.392 e. The van der Waals surface area contributed by atoms with E-state index in [1.165, 1.54) is 0 Å². The number of amides is 1. The van der Waals surface area contributed by atoms with Crippen molar-refractivity contribution in [3.05, 3.63) is 35.4 Å². The fourth-order valence-electron chi connectivity index (χ4n) is 2.75. The van der Waals surface area contributed by atoms with Gasteiger partial charge in [-0.25, -0.2) is 0 Å². The number of nitrogens with two attached hydrogens (primary N) is 1. The zero-order chi connectivity index (χ0) is 13.7. The summed E-state index contributed by atoms with van der Waals surface area (Å²) in [6, 6.07) is 7.61. The molecule has 0 saturated heterocycles. The van der Waals surface area contributed by atoms with Gasteiger partial charge in [0.15, 0.2) is 0 Å². The molecule has 0 spiro atoms. The van der Waals surface area contributed by atoms with Gasteiger partial charge >= 0.3 is 0 Å². The van der Waals surface area contributed by atoms with Gasteiger partial charge < -0.3 is 16.2 Å². The molecule has 0 radical (unpaired) electrons. The molecule has 1 saturated carbocycles. The van der Waals surface area contributed by atoms with E-state index in [0.717, 1.165) is 30.4 Å². The number of aliphatic hydroxyl groups excluding tert-OH is 1. The number of hydrogen-bond acceptors (Lipinski definition) is 3. The number of rotatable bonds is 5. The predicted octanol–water partition coefficient (Wildman–Crippen LogP) is 1.17. The van der Waals surface area contributed by atoms with Crippen molar-refractivity contribution in [2.45, 2.75) is 32.4 Å². The van der Waals surface area contributed by atoms with Crippen molar-refractivity contribution in [3.63, 3.8) is 0 Å². The van der Waals surface area contributed by atoms with Crippen LogP contribution in [0, 0.1) is 11.8 Å². The molecular weight excluding hydrogens is 240 g/mol. The van der Waals surface area contributed by atoms with Gasteiger partial charge in [0.25, 0.3) is 0 Å². The van der Waals surface area contributed by atoms with Crippen LogP contribution >= 0.6 is 0 Å². The molecule has 0 heterocycles. The Morgan fingerprint density at radius 2 is 1.95 bits per heavy atom. The highest BCUT2D eigenvalue weighted by Crippen LogP contribution is 2.30. The minimum absolute atomic E-state index is 0.0485. The normalized spacial score (nSPS) is 22.4. The van der Waals surface area contributed by atoms with Crippen molar-refractivity contribution in [1.29, 1.82) is 0 Å². The van der Waals surface area contributed by atoms with Crippen LogP contribution in [0.1, 0.15) is 30.4 Å². The highest BCUT2D eigenvalue weighted by Gasteiger charge is 2.31. The molecular formula is C15H22N2O2. The third kappa shape index (κ3) is 3.55. The molecule has 1 fully saturated rings. The number of carbonyl (C=O) groups excluding carboxylic acids is 1. The van der Waals surface area contributed by atoms with Gasteiger partial charge in [-0.15, -0.1) is 0 Å². The number of carbonyl (C=O) groups is 1. The van der Waals surface area contributed by atoms with Crippen LogP contribution in [-0.4, -0.2) is 17.6 Å². The average molecular weight is 262 g/mol. The lowest BCUT2D eigenvalue weighted by molar-refractivity contribution is -0.126. The Kier molecular flexibility index (Phi) is 4.93. The maximum Gasteiger partial charge on any atom is 0.223 e. The Balaban J connectivity index is 1.85. The topological polar surface area (TPSA) is 75.4 Å². The van der Waals surface area contributed by atoms with Gasteiger partial charge in [0.1, 0.15) is 0 Å². The minimum atomic E-state index is 0.0485. The Labute approximate surface area is 114 Å². The lowest BCUT2D eigenvalue weighted by Gasteiger charge is -2.17. The van der Waals surface area contributed by atoms with Crippen LogP contribution in [0.2, 0.25) is 0 Å². The fraction of sp³-hybridized carbons (Fsp3) is 0.533. The third-order valence-electron chi connectivity index (χ3n) is 3.97. The van der Waals surface area contributed by atoms with Crippen molar-refractivity contribution in [2.75, 3.05) is 6.54 Å².